The van der Waals surface area contributed by atoms with Crippen LogP contribution in [0.4, 0.5) is 30.8 Å². The van der Waals surface area contributed by atoms with Gasteiger partial charge in [-0.2, -0.15) is 4.98 Å². The van der Waals surface area contributed by atoms with Gasteiger partial charge in [0.05, 0.1) is 18.8 Å². The monoisotopic (exact) mass is 446 g/mol. The lowest BCUT2D eigenvalue weighted by atomic mass is 9.95. The summed E-state index contributed by atoms with van der Waals surface area (Å²) in [4.78, 5) is 13.5. The van der Waals surface area contributed by atoms with Crippen LogP contribution in [0.1, 0.15) is 44.6 Å². The van der Waals surface area contributed by atoms with E-state index in [4.69, 9.17) is 4.74 Å². The van der Waals surface area contributed by atoms with Crippen LogP contribution < -0.4 is 10.6 Å². The van der Waals surface area contributed by atoms with Gasteiger partial charge in [0, 0.05) is 12.6 Å². The number of imidazole rings is 1. The zero-order chi connectivity index (χ0) is 22.1. The Morgan fingerprint density at radius 1 is 1.03 bits per heavy atom. The predicted molar refractivity (Wildman–Crippen MR) is 115 cm³/mol. The summed E-state index contributed by atoms with van der Waals surface area (Å²) in [5.74, 6) is -0.784. The number of hydrogen-bond donors (Lipinski definition) is 2. The third-order valence-corrected chi connectivity index (χ3v) is 6.17. The Labute approximate surface area is 183 Å². The maximum absolute atomic E-state index is 14.3. The van der Waals surface area contributed by atoms with Crippen molar-refractivity contribution in [3.63, 3.8) is 0 Å². The molecule has 0 bridgehead atoms. The first-order chi connectivity index (χ1) is 15.6. The topological polar surface area (TPSA) is 76.9 Å². The van der Waals surface area contributed by atoms with Crippen LogP contribution in [0, 0.1) is 11.6 Å². The lowest BCUT2D eigenvalue weighted by Gasteiger charge is -2.27. The minimum absolute atomic E-state index is 0.0438. The maximum atomic E-state index is 14.3. The summed E-state index contributed by atoms with van der Waals surface area (Å²) >= 11 is 0. The van der Waals surface area contributed by atoms with Crippen molar-refractivity contribution in [2.45, 2.75) is 56.8 Å². The van der Waals surface area contributed by atoms with Crippen molar-refractivity contribution in [1.82, 2.24) is 19.5 Å². The van der Waals surface area contributed by atoms with Gasteiger partial charge >= 0.3 is 0 Å². The molecule has 3 heterocycles. The second-order valence-corrected chi connectivity index (χ2v) is 8.35. The van der Waals surface area contributed by atoms with Gasteiger partial charge in [0.15, 0.2) is 5.65 Å². The number of nitrogens with one attached hydrogen (secondary N) is 2. The first-order valence-corrected chi connectivity index (χ1v) is 11.0. The molecule has 1 saturated heterocycles. The molecule has 3 aromatic rings. The predicted octanol–water partition coefficient (Wildman–Crippen LogP) is 4.89. The van der Waals surface area contributed by atoms with Crippen molar-refractivity contribution < 1.29 is 17.9 Å². The van der Waals surface area contributed by atoms with E-state index in [9.17, 15) is 13.2 Å². The molecule has 10 heteroatoms. The molecule has 2 aliphatic rings. The van der Waals surface area contributed by atoms with Crippen LogP contribution in [0.25, 0.3) is 11.2 Å². The number of alkyl halides is 1. The van der Waals surface area contributed by atoms with E-state index in [2.05, 4.69) is 25.6 Å². The molecule has 32 heavy (non-hydrogen) atoms. The van der Waals surface area contributed by atoms with Gasteiger partial charge < -0.3 is 15.4 Å². The van der Waals surface area contributed by atoms with Crippen LogP contribution in [0.15, 0.2) is 24.4 Å². The highest BCUT2D eigenvalue weighted by molar-refractivity contribution is 5.76. The molecule has 0 amide bonds. The molecule has 1 aliphatic carbocycles. The lowest BCUT2D eigenvalue weighted by molar-refractivity contribution is 0.0284. The van der Waals surface area contributed by atoms with Crippen molar-refractivity contribution in [2.24, 2.45) is 0 Å². The molecule has 1 aromatic carbocycles. The quantitative estimate of drug-likeness (QED) is 0.581. The van der Waals surface area contributed by atoms with Crippen molar-refractivity contribution in [3.05, 3.63) is 36.0 Å². The number of fused-ring (bicyclic) bond motifs is 1. The fraction of sp³-hybridized carbons (Fsp3) is 0.500. The molecule has 2 fully saturated rings. The molecular weight excluding hydrogens is 421 g/mol. The lowest BCUT2D eigenvalue weighted by Crippen LogP contribution is -2.39. The van der Waals surface area contributed by atoms with Gasteiger partial charge in [-0.1, -0.05) is 25.3 Å². The second-order valence-electron chi connectivity index (χ2n) is 8.35. The van der Waals surface area contributed by atoms with Gasteiger partial charge in [0.25, 0.3) is 0 Å². The van der Waals surface area contributed by atoms with E-state index in [1.54, 1.807) is 6.20 Å². The van der Waals surface area contributed by atoms with Gasteiger partial charge in [-0.25, -0.2) is 23.1 Å². The van der Waals surface area contributed by atoms with Gasteiger partial charge in [0.2, 0.25) is 11.9 Å². The Morgan fingerprint density at radius 3 is 2.56 bits per heavy atom. The van der Waals surface area contributed by atoms with Crippen LogP contribution in [-0.4, -0.2) is 44.9 Å². The molecule has 1 aliphatic heterocycles. The van der Waals surface area contributed by atoms with Crippen molar-refractivity contribution in [1.29, 1.82) is 0 Å². The fourth-order valence-corrected chi connectivity index (χ4v) is 4.49. The molecule has 5 rings (SSSR count). The smallest absolute Gasteiger partial charge is 0.225 e. The molecule has 2 N–H and O–H groups in total. The van der Waals surface area contributed by atoms with Gasteiger partial charge in [-0.15, -0.1) is 0 Å². The van der Waals surface area contributed by atoms with E-state index < -0.39 is 23.8 Å². The largest absolute Gasteiger partial charge is 0.378 e. The SMILES string of the molecule is Fc1cccc(F)c1Nc1nc2cnc(N[C@@H]3CCOC[C@H]3F)nc2n1C1CCCCC1. The number of halogens is 3. The van der Waals surface area contributed by atoms with Crippen LogP contribution >= 0.6 is 0 Å². The summed E-state index contributed by atoms with van der Waals surface area (Å²) in [5.41, 5.74) is 0.800. The van der Waals surface area contributed by atoms with Crippen molar-refractivity contribution in [2.75, 3.05) is 23.8 Å². The number of benzene rings is 1. The Bertz CT molecular complexity index is 1080. The Kier molecular flexibility index (Phi) is 5.86. The molecule has 170 valence electrons. The third-order valence-electron chi connectivity index (χ3n) is 6.17. The van der Waals surface area contributed by atoms with E-state index in [-0.39, 0.29) is 18.3 Å². The summed E-state index contributed by atoms with van der Waals surface area (Å²) in [6, 6.07) is 3.37. The third kappa shape index (κ3) is 4.11. The van der Waals surface area contributed by atoms with Gasteiger partial charge in [-0.05, 0) is 31.4 Å². The minimum Gasteiger partial charge on any atom is -0.378 e. The van der Waals surface area contributed by atoms with E-state index in [1.807, 2.05) is 4.57 Å². The Balaban J connectivity index is 1.54. The number of para-hydroxylation sites is 1. The summed E-state index contributed by atoms with van der Waals surface area (Å²) < 4.78 is 49.9. The van der Waals surface area contributed by atoms with Gasteiger partial charge in [0.1, 0.15) is 29.0 Å². The highest BCUT2D eigenvalue weighted by Gasteiger charge is 2.28. The molecular formula is C22H25F3N6O. The summed E-state index contributed by atoms with van der Waals surface area (Å²) in [6.07, 6.45) is 6.02. The number of nitrogens with zero attached hydrogens (tertiary/aromatic N) is 4. The van der Waals surface area contributed by atoms with E-state index >= 15 is 0 Å². The van der Waals surface area contributed by atoms with Crippen molar-refractivity contribution in [3.8, 4) is 0 Å². The highest BCUT2D eigenvalue weighted by Crippen LogP contribution is 2.35. The van der Waals surface area contributed by atoms with E-state index in [1.165, 1.54) is 18.2 Å². The molecule has 0 radical (unpaired) electrons. The standard InChI is InChI=1S/C22H25F3N6O/c23-14-7-4-8-15(24)19(14)29-22-28-18-11-26-21(27-17-9-10-32-12-16(17)25)30-20(18)31(22)13-5-2-1-3-6-13/h4,7-8,11,13,16-17H,1-3,5-6,9-10,12H2,(H,28,29)(H,26,27,30)/t16-,17-/m1/s1. The Morgan fingerprint density at radius 2 is 1.81 bits per heavy atom. The first-order valence-electron chi connectivity index (χ1n) is 11.0. The molecule has 0 unspecified atom stereocenters. The average molecular weight is 446 g/mol. The number of anilines is 3. The summed E-state index contributed by atoms with van der Waals surface area (Å²) in [7, 11) is 0. The number of aromatic nitrogens is 4. The van der Waals surface area contributed by atoms with Crippen LogP contribution in [0.2, 0.25) is 0 Å². The fourth-order valence-electron chi connectivity index (χ4n) is 4.49. The summed E-state index contributed by atoms with van der Waals surface area (Å²) in [5, 5.41) is 5.91. The molecule has 0 spiro atoms. The van der Waals surface area contributed by atoms with E-state index in [0.717, 1.165) is 32.1 Å². The zero-order valence-corrected chi connectivity index (χ0v) is 17.5. The number of rotatable bonds is 5. The summed E-state index contributed by atoms with van der Waals surface area (Å²) in [6.45, 7) is 0.519. The van der Waals surface area contributed by atoms with E-state index in [0.29, 0.717) is 36.1 Å². The highest BCUT2D eigenvalue weighted by atomic mass is 19.1. The number of hydrogen-bond acceptors (Lipinski definition) is 6. The minimum atomic E-state index is -1.15. The number of ether oxygens (including phenoxy) is 1. The molecule has 2 atom stereocenters. The van der Waals surface area contributed by atoms with Crippen LogP contribution in [-0.2, 0) is 4.74 Å². The van der Waals surface area contributed by atoms with Crippen LogP contribution in [0.3, 0.4) is 0 Å². The second kappa shape index (κ2) is 8.93. The molecule has 1 saturated carbocycles. The van der Waals surface area contributed by atoms with Crippen molar-refractivity contribution >= 4 is 28.7 Å². The maximum Gasteiger partial charge on any atom is 0.225 e. The first kappa shape index (κ1) is 21.0. The zero-order valence-electron chi connectivity index (χ0n) is 17.5. The van der Waals surface area contributed by atoms with Gasteiger partial charge in [-0.3, -0.25) is 4.57 Å². The normalized spacial score (nSPS) is 22.2. The average Bonchev–Trinajstić information content (AvgIpc) is 3.16. The molecule has 2 aromatic heterocycles. The molecule has 7 nitrogen and oxygen atoms in total. The Hall–Kier alpha value is -2.88. The van der Waals surface area contributed by atoms with Crippen LogP contribution in [0.5, 0.6) is 0 Å².